The molecule has 0 saturated carbocycles. The zero-order valence-electron chi connectivity index (χ0n) is 13.5. The van der Waals surface area contributed by atoms with E-state index in [1.807, 2.05) is 12.1 Å². The summed E-state index contributed by atoms with van der Waals surface area (Å²) in [7, 11) is 0. The molecule has 0 unspecified atom stereocenters. The van der Waals surface area contributed by atoms with Gasteiger partial charge in [0.15, 0.2) is 0 Å². The SMILES string of the molecule is CC(C)(C)C1=Cc2c(cccc2-c2ccc(C(F)(F)F)cc2)C1. The Morgan fingerprint density at radius 2 is 1.52 bits per heavy atom. The molecule has 0 nitrogen and oxygen atoms in total. The summed E-state index contributed by atoms with van der Waals surface area (Å²) < 4.78 is 38.1. The lowest BCUT2D eigenvalue weighted by molar-refractivity contribution is -0.137. The van der Waals surface area contributed by atoms with Gasteiger partial charge in [0, 0.05) is 0 Å². The van der Waals surface area contributed by atoms with Crippen molar-refractivity contribution < 1.29 is 13.2 Å². The van der Waals surface area contributed by atoms with Gasteiger partial charge in [-0.3, -0.25) is 0 Å². The third-order valence-electron chi connectivity index (χ3n) is 4.38. The number of rotatable bonds is 1. The van der Waals surface area contributed by atoms with E-state index in [4.69, 9.17) is 0 Å². The molecular weight excluding hydrogens is 297 g/mol. The first-order chi connectivity index (χ1) is 10.7. The van der Waals surface area contributed by atoms with Crippen LogP contribution in [0.25, 0.3) is 17.2 Å². The fourth-order valence-electron chi connectivity index (χ4n) is 2.94. The van der Waals surface area contributed by atoms with E-state index in [-0.39, 0.29) is 5.41 Å². The average molecular weight is 316 g/mol. The van der Waals surface area contributed by atoms with Crippen LogP contribution in [-0.2, 0) is 12.6 Å². The first-order valence-corrected chi connectivity index (χ1v) is 7.67. The lowest BCUT2D eigenvalue weighted by Crippen LogP contribution is -2.08. The van der Waals surface area contributed by atoms with Crippen molar-refractivity contribution in [3.05, 3.63) is 64.7 Å². The molecule has 3 heteroatoms. The van der Waals surface area contributed by atoms with Crippen LogP contribution in [-0.4, -0.2) is 0 Å². The van der Waals surface area contributed by atoms with Gasteiger partial charge in [-0.2, -0.15) is 13.2 Å². The standard InChI is InChI=1S/C20H19F3/c1-19(2,3)16-11-14-5-4-6-17(18(14)12-16)13-7-9-15(10-8-13)20(21,22)23/h4-10,12H,11H2,1-3H3. The Morgan fingerprint density at radius 1 is 0.870 bits per heavy atom. The van der Waals surface area contributed by atoms with E-state index in [0.29, 0.717) is 0 Å². The highest BCUT2D eigenvalue weighted by molar-refractivity contribution is 5.81. The molecule has 0 spiro atoms. The number of alkyl halides is 3. The van der Waals surface area contributed by atoms with E-state index in [0.717, 1.165) is 35.2 Å². The van der Waals surface area contributed by atoms with Crippen LogP contribution in [0, 0.1) is 5.41 Å². The quantitative estimate of drug-likeness (QED) is 0.574. The Labute approximate surface area is 134 Å². The van der Waals surface area contributed by atoms with Crippen molar-refractivity contribution >= 4 is 6.08 Å². The Morgan fingerprint density at radius 3 is 2.09 bits per heavy atom. The van der Waals surface area contributed by atoms with Crippen LogP contribution >= 0.6 is 0 Å². The van der Waals surface area contributed by atoms with Gasteiger partial charge < -0.3 is 0 Å². The molecule has 0 N–H and O–H groups in total. The van der Waals surface area contributed by atoms with Gasteiger partial charge in [-0.1, -0.05) is 62.8 Å². The van der Waals surface area contributed by atoms with Gasteiger partial charge in [0.05, 0.1) is 5.56 Å². The second kappa shape index (κ2) is 5.26. The highest BCUT2D eigenvalue weighted by atomic mass is 19.4. The molecule has 23 heavy (non-hydrogen) atoms. The third kappa shape index (κ3) is 3.05. The summed E-state index contributed by atoms with van der Waals surface area (Å²) in [4.78, 5) is 0. The Hall–Kier alpha value is -2.03. The topological polar surface area (TPSA) is 0 Å². The second-order valence-corrected chi connectivity index (χ2v) is 7.05. The second-order valence-electron chi connectivity index (χ2n) is 7.05. The van der Waals surface area contributed by atoms with Gasteiger partial charge in [0.2, 0.25) is 0 Å². The number of fused-ring (bicyclic) bond motifs is 1. The van der Waals surface area contributed by atoms with Gasteiger partial charge in [-0.05, 0) is 46.2 Å². The average Bonchev–Trinajstić information content (AvgIpc) is 2.90. The smallest absolute Gasteiger partial charge is 0.166 e. The predicted molar refractivity (Wildman–Crippen MR) is 88.0 cm³/mol. The van der Waals surface area contributed by atoms with Crippen molar-refractivity contribution in [3.63, 3.8) is 0 Å². The molecule has 0 radical (unpaired) electrons. The zero-order chi connectivity index (χ0) is 16.8. The van der Waals surface area contributed by atoms with Crippen molar-refractivity contribution in [2.75, 3.05) is 0 Å². The largest absolute Gasteiger partial charge is 0.416 e. The summed E-state index contributed by atoms with van der Waals surface area (Å²) in [5.74, 6) is 0. The lowest BCUT2D eigenvalue weighted by atomic mass is 9.85. The van der Waals surface area contributed by atoms with E-state index in [1.165, 1.54) is 11.1 Å². The minimum absolute atomic E-state index is 0.0937. The summed E-state index contributed by atoms with van der Waals surface area (Å²) >= 11 is 0. The maximum Gasteiger partial charge on any atom is 0.416 e. The van der Waals surface area contributed by atoms with Crippen molar-refractivity contribution in [2.24, 2.45) is 5.41 Å². The van der Waals surface area contributed by atoms with Crippen LogP contribution in [0.3, 0.4) is 0 Å². The third-order valence-corrected chi connectivity index (χ3v) is 4.38. The molecule has 0 amide bonds. The Kier molecular flexibility index (Phi) is 3.62. The fourth-order valence-corrected chi connectivity index (χ4v) is 2.94. The zero-order valence-corrected chi connectivity index (χ0v) is 13.5. The molecule has 0 bridgehead atoms. The van der Waals surface area contributed by atoms with Gasteiger partial charge >= 0.3 is 6.18 Å². The number of hydrogen-bond donors (Lipinski definition) is 0. The molecule has 0 fully saturated rings. The fraction of sp³-hybridized carbons (Fsp3) is 0.300. The first kappa shape index (κ1) is 15.9. The van der Waals surface area contributed by atoms with Crippen LogP contribution in [0.5, 0.6) is 0 Å². The summed E-state index contributed by atoms with van der Waals surface area (Å²) in [6.07, 6.45) is -1.19. The van der Waals surface area contributed by atoms with Gasteiger partial charge in [0.25, 0.3) is 0 Å². The van der Waals surface area contributed by atoms with Crippen LogP contribution in [0.4, 0.5) is 13.2 Å². The molecule has 0 aromatic heterocycles. The molecule has 0 heterocycles. The molecule has 1 aliphatic rings. The summed E-state index contributed by atoms with van der Waals surface area (Å²) in [6, 6.07) is 11.5. The summed E-state index contributed by atoms with van der Waals surface area (Å²) in [5.41, 5.74) is 5.03. The summed E-state index contributed by atoms with van der Waals surface area (Å²) in [5, 5.41) is 0. The van der Waals surface area contributed by atoms with Crippen LogP contribution in [0.2, 0.25) is 0 Å². The highest BCUT2D eigenvalue weighted by Gasteiger charge is 2.30. The highest BCUT2D eigenvalue weighted by Crippen LogP contribution is 2.40. The van der Waals surface area contributed by atoms with Crippen molar-refractivity contribution in [1.82, 2.24) is 0 Å². The van der Waals surface area contributed by atoms with Crippen LogP contribution in [0.15, 0.2) is 48.0 Å². The van der Waals surface area contributed by atoms with E-state index in [2.05, 4.69) is 32.9 Å². The number of benzene rings is 2. The summed E-state index contributed by atoms with van der Waals surface area (Å²) in [6.45, 7) is 6.55. The molecule has 1 aliphatic carbocycles. The lowest BCUT2D eigenvalue weighted by Gasteiger charge is -2.19. The normalized spacial score (nSPS) is 14.6. The minimum Gasteiger partial charge on any atom is -0.166 e. The van der Waals surface area contributed by atoms with Gasteiger partial charge in [0.1, 0.15) is 0 Å². The van der Waals surface area contributed by atoms with Crippen molar-refractivity contribution in [2.45, 2.75) is 33.4 Å². The molecular formula is C20H19F3. The first-order valence-electron chi connectivity index (χ1n) is 7.67. The van der Waals surface area contributed by atoms with Crippen LogP contribution < -0.4 is 0 Å². The molecule has 0 saturated heterocycles. The van der Waals surface area contributed by atoms with Crippen molar-refractivity contribution in [3.8, 4) is 11.1 Å². The maximum absolute atomic E-state index is 12.7. The van der Waals surface area contributed by atoms with Gasteiger partial charge in [-0.15, -0.1) is 0 Å². The Balaban J connectivity index is 2.04. The number of halogens is 3. The monoisotopic (exact) mass is 316 g/mol. The van der Waals surface area contributed by atoms with E-state index in [1.54, 1.807) is 12.1 Å². The molecule has 0 aliphatic heterocycles. The van der Waals surface area contributed by atoms with E-state index < -0.39 is 11.7 Å². The van der Waals surface area contributed by atoms with E-state index in [9.17, 15) is 13.2 Å². The predicted octanol–water partition coefficient (Wildman–Crippen LogP) is 6.36. The van der Waals surface area contributed by atoms with Gasteiger partial charge in [-0.25, -0.2) is 0 Å². The molecule has 2 aromatic carbocycles. The Bertz CT molecular complexity index is 757. The van der Waals surface area contributed by atoms with Crippen LogP contribution in [0.1, 0.15) is 37.5 Å². The molecule has 0 atom stereocenters. The number of hydrogen-bond acceptors (Lipinski definition) is 0. The number of allylic oxidation sites excluding steroid dienone is 1. The molecule has 2 aromatic rings. The maximum atomic E-state index is 12.7. The minimum atomic E-state index is -4.30. The molecule has 3 rings (SSSR count). The van der Waals surface area contributed by atoms with Crippen molar-refractivity contribution in [1.29, 1.82) is 0 Å². The van der Waals surface area contributed by atoms with E-state index >= 15 is 0 Å². The molecule has 120 valence electrons.